The number of pyridine rings is 1. The number of likely N-dealkylation sites (tertiary alicyclic amines) is 1. The highest BCUT2D eigenvalue weighted by Crippen LogP contribution is 2.50. The van der Waals surface area contributed by atoms with Crippen LogP contribution in [0.3, 0.4) is 0 Å². The second-order valence-corrected chi connectivity index (χ2v) is 11.6. The van der Waals surface area contributed by atoms with E-state index in [4.69, 9.17) is 9.47 Å². The normalized spacial score (nSPS) is 25.6. The van der Waals surface area contributed by atoms with Gasteiger partial charge in [0.2, 0.25) is 5.88 Å². The van der Waals surface area contributed by atoms with Gasteiger partial charge in [-0.1, -0.05) is 6.92 Å². The van der Waals surface area contributed by atoms with Crippen molar-refractivity contribution >= 4 is 15.9 Å². The van der Waals surface area contributed by atoms with E-state index < -0.39 is 9.84 Å². The third-order valence-corrected chi connectivity index (χ3v) is 8.00. The van der Waals surface area contributed by atoms with E-state index in [0.717, 1.165) is 51.1 Å². The molecule has 4 rings (SSSR count). The van der Waals surface area contributed by atoms with E-state index in [0.29, 0.717) is 30.9 Å². The van der Waals surface area contributed by atoms with Gasteiger partial charge in [-0.05, 0) is 62.3 Å². The number of amides is 1. The molecule has 2 aliphatic carbocycles. The lowest BCUT2D eigenvalue weighted by Gasteiger charge is -2.32. The van der Waals surface area contributed by atoms with Gasteiger partial charge in [-0.2, -0.15) is 0 Å². The molecule has 0 bridgehead atoms. The molecule has 7 nitrogen and oxygen atoms in total. The average Bonchev–Trinajstić information content (AvgIpc) is 3.64. The van der Waals surface area contributed by atoms with Gasteiger partial charge >= 0.3 is 6.09 Å². The van der Waals surface area contributed by atoms with E-state index in [1.165, 1.54) is 24.9 Å². The molecule has 1 aromatic heterocycles. The lowest BCUT2D eigenvalue weighted by Crippen LogP contribution is -2.40. The molecule has 1 aliphatic heterocycles. The standard InChI is InChI=1S/C22H32N2O5S/c1-22(8-9-22)15-29-21(25)24-10-5-16(6-11-24)19-13-17(19)7-12-28-20-4-3-18(14-23-20)30(2,26)27/h3-4,14,16-17,19H,5-13,15H2,1-2H3/t17-,19-/m1/s1. The summed E-state index contributed by atoms with van der Waals surface area (Å²) in [7, 11) is -3.23. The molecule has 0 unspecified atom stereocenters. The molecular weight excluding hydrogens is 404 g/mol. The van der Waals surface area contributed by atoms with Gasteiger partial charge in [0, 0.05) is 37.0 Å². The number of ether oxygens (including phenoxy) is 2. The van der Waals surface area contributed by atoms with Crippen LogP contribution in [-0.2, 0) is 14.6 Å². The Hall–Kier alpha value is -1.83. The first kappa shape index (κ1) is 21.4. The number of hydrogen-bond donors (Lipinski definition) is 0. The molecule has 1 aromatic rings. The summed E-state index contributed by atoms with van der Waals surface area (Å²) in [5.74, 6) is 2.56. The monoisotopic (exact) mass is 436 g/mol. The summed E-state index contributed by atoms with van der Waals surface area (Å²) in [4.78, 5) is 18.4. The molecule has 0 aromatic carbocycles. The van der Waals surface area contributed by atoms with Gasteiger partial charge in [-0.3, -0.25) is 0 Å². The molecule has 0 radical (unpaired) electrons. The predicted molar refractivity (Wildman–Crippen MR) is 112 cm³/mol. The van der Waals surface area contributed by atoms with E-state index in [1.54, 1.807) is 6.07 Å². The fourth-order valence-corrected chi connectivity index (χ4v) is 4.92. The van der Waals surface area contributed by atoms with Crippen LogP contribution >= 0.6 is 0 Å². The van der Waals surface area contributed by atoms with Crippen molar-refractivity contribution in [1.29, 1.82) is 0 Å². The van der Waals surface area contributed by atoms with Gasteiger partial charge in [-0.25, -0.2) is 18.2 Å². The van der Waals surface area contributed by atoms with Crippen molar-refractivity contribution in [3.05, 3.63) is 18.3 Å². The number of sulfone groups is 1. The minimum atomic E-state index is -3.23. The summed E-state index contributed by atoms with van der Waals surface area (Å²) < 4.78 is 34.1. The maximum Gasteiger partial charge on any atom is 0.409 e. The zero-order valence-electron chi connectivity index (χ0n) is 17.9. The molecule has 3 aliphatic rings. The highest BCUT2D eigenvalue weighted by atomic mass is 32.2. The molecule has 3 fully saturated rings. The topological polar surface area (TPSA) is 85.8 Å². The zero-order valence-corrected chi connectivity index (χ0v) is 18.7. The van der Waals surface area contributed by atoms with E-state index in [9.17, 15) is 13.2 Å². The fraction of sp³-hybridized carbons (Fsp3) is 0.727. The largest absolute Gasteiger partial charge is 0.478 e. The van der Waals surface area contributed by atoms with Gasteiger partial charge in [0.25, 0.3) is 0 Å². The summed E-state index contributed by atoms with van der Waals surface area (Å²) in [6, 6.07) is 3.14. The number of rotatable bonds is 8. The van der Waals surface area contributed by atoms with Crippen molar-refractivity contribution in [2.75, 3.05) is 32.6 Å². The van der Waals surface area contributed by atoms with Crippen LogP contribution in [0.5, 0.6) is 5.88 Å². The Bertz CT molecular complexity index is 858. The van der Waals surface area contributed by atoms with Gasteiger partial charge in [0.05, 0.1) is 18.1 Å². The molecule has 0 N–H and O–H groups in total. The third-order valence-electron chi connectivity index (χ3n) is 6.90. The molecule has 1 saturated heterocycles. The van der Waals surface area contributed by atoms with Crippen molar-refractivity contribution < 1.29 is 22.7 Å². The van der Waals surface area contributed by atoms with Gasteiger partial charge in [0.15, 0.2) is 9.84 Å². The lowest BCUT2D eigenvalue weighted by molar-refractivity contribution is 0.0713. The SMILES string of the molecule is CC1(COC(=O)N2CCC([C@H]3C[C@H]3CCOc3ccc(S(C)(=O)=O)cn3)CC2)CC1. The summed E-state index contributed by atoms with van der Waals surface area (Å²) in [5.41, 5.74) is 0.239. The van der Waals surface area contributed by atoms with Gasteiger partial charge < -0.3 is 14.4 Å². The maximum absolute atomic E-state index is 12.2. The van der Waals surface area contributed by atoms with Crippen molar-refractivity contribution in [3.8, 4) is 5.88 Å². The first-order chi connectivity index (χ1) is 14.2. The maximum atomic E-state index is 12.2. The first-order valence-corrected chi connectivity index (χ1v) is 12.8. The summed E-state index contributed by atoms with van der Waals surface area (Å²) >= 11 is 0. The number of nitrogens with zero attached hydrogens (tertiary/aromatic N) is 2. The van der Waals surface area contributed by atoms with Crippen LogP contribution in [0.25, 0.3) is 0 Å². The Balaban J connectivity index is 1.12. The highest BCUT2D eigenvalue weighted by Gasteiger charge is 2.44. The van der Waals surface area contributed by atoms with Crippen LogP contribution in [0, 0.1) is 23.2 Å². The quantitative estimate of drug-likeness (QED) is 0.620. The predicted octanol–water partition coefficient (Wildman–Crippen LogP) is 3.54. The summed E-state index contributed by atoms with van der Waals surface area (Å²) in [6.07, 6.45) is 9.03. The molecule has 0 spiro atoms. The summed E-state index contributed by atoms with van der Waals surface area (Å²) in [6.45, 7) is 4.93. The molecular formula is C22H32N2O5S. The zero-order chi connectivity index (χ0) is 21.4. The Kier molecular flexibility index (Phi) is 5.97. The number of carbonyl (C=O) groups excluding carboxylic acids is 1. The first-order valence-electron chi connectivity index (χ1n) is 10.9. The number of carbonyl (C=O) groups is 1. The van der Waals surface area contributed by atoms with Crippen LogP contribution in [-0.4, -0.2) is 57.0 Å². The van der Waals surface area contributed by atoms with E-state index in [2.05, 4.69) is 11.9 Å². The second kappa shape index (κ2) is 8.36. The van der Waals surface area contributed by atoms with Crippen LogP contribution < -0.4 is 4.74 Å². The molecule has 2 atom stereocenters. The van der Waals surface area contributed by atoms with E-state index >= 15 is 0 Å². The van der Waals surface area contributed by atoms with E-state index in [-0.39, 0.29) is 16.4 Å². The fourth-order valence-electron chi connectivity index (χ4n) is 4.36. The lowest BCUT2D eigenvalue weighted by atomic mass is 9.91. The highest BCUT2D eigenvalue weighted by molar-refractivity contribution is 7.90. The molecule has 8 heteroatoms. The molecule has 2 saturated carbocycles. The van der Waals surface area contributed by atoms with Crippen LogP contribution in [0.15, 0.2) is 23.2 Å². The summed E-state index contributed by atoms with van der Waals surface area (Å²) in [5, 5.41) is 0. The number of aromatic nitrogens is 1. The Morgan fingerprint density at radius 3 is 2.60 bits per heavy atom. The third kappa shape index (κ3) is 5.45. The molecule has 166 valence electrons. The van der Waals surface area contributed by atoms with E-state index in [1.807, 2.05) is 4.90 Å². The number of hydrogen-bond acceptors (Lipinski definition) is 6. The Morgan fingerprint density at radius 2 is 2.00 bits per heavy atom. The van der Waals surface area contributed by atoms with Crippen molar-refractivity contribution in [2.24, 2.45) is 23.2 Å². The Labute approximate surface area is 179 Å². The van der Waals surface area contributed by atoms with Gasteiger partial charge in [-0.15, -0.1) is 0 Å². The minimum absolute atomic E-state index is 0.142. The average molecular weight is 437 g/mol. The van der Waals surface area contributed by atoms with Crippen LogP contribution in [0.1, 0.15) is 45.4 Å². The van der Waals surface area contributed by atoms with Crippen LogP contribution in [0.4, 0.5) is 4.79 Å². The Morgan fingerprint density at radius 1 is 1.27 bits per heavy atom. The van der Waals surface area contributed by atoms with Crippen LogP contribution in [0.2, 0.25) is 0 Å². The van der Waals surface area contributed by atoms with Crippen molar-refractivity contribution in [2.45, 2.75) is 50.3 Å². The van der Waals surface area contributed by atoms with Crippen molar-refractivity contribution in [3.63, 3.8) is 0 Å². The minimum Gasteiger partial charge on any atom is -0.478 e. The smallest absolute Gasteiger partial charge is 0.409 e. The van der Waals surface area contributed by atoms with Gasteiger partial charge in [0.1, 0.15) is 0 Å². The second-order valence-electron chi connectivity index (χ2n) is 9.59. The molecule has 30 heavy (non-hydrogen) atoms. The molecule has 1 amide bonds. The van der Waals surface area contributed by atoms with Crippen molar-refractivity contribution in [1.82, 2.24) is 9.88 Å². The molecule has 2 heterocycles. The number of piperidine rings is 1.